The van der Waals surface area contributed by atoms with Crippen LogP contribution in [0, 0.1) is 11.3 Å². The van der Waals surface area contributed by atoms with Gasteiger partial charge in [-0.1, -0.05) is 39.7 Å². The molecule has 3 rings (SSSR count). The first kappa shape index (κ1) is 22.7. The van der Waals surface area contributed by atoms with Crippen molar-refractivity contribution in [2.75, 3.05) is 18.1 Å². The summed E-state index contributed by atoms with van der Waals surface area (Å²) >= 11 is 4.21. The minimum Gasteiger partial charge on any atom is -0.349 e. The molecule has 0 aromatic rings. The molecule has 0 radical (unpaired) electrons. The van der Waals surface area contributed by atoms with E-state index >= 15 is 0 Å². The van der Waals surface area contributed by atoms with Crippen molar-refractivity contribution in [3.8, 4) is 0 Å². The van der Waals surface area contributed by atoms with Gasteiger partial charge in [0.2, 0.25) is 0 Å². The van der Waals surface area contributed by atoms with E-state index < -0.39 is 5.79 Å². The zero-order valence-corrected chi connectivity index (χ0v) is 19.5. The molecule has 28 heavy (non-hydrogen) atoms. The fourth-order valence-electron chi connectivity index (χ4n) is 4.46. The van der Waals surface area contributed by atoms with Crippen LogP contribution in [0.2, 0.25) is 0 Å². The molecule has 2 heterocycles. The van der Waals surface area contributed by atoms with Gasteiger partial charge in [0, 0.05) is 36.2 Å². The van der Waals surface area contributed by atoms with Gasteiger partial charge in [-0.3, -0.25) is 4.79 Å². The highest BCUT2D eigenvalue weighted by Gasteiger charge is 2.49. The molecular weight excluding hydrogens is 388 g/mol. The molecule has 1 saturated carbocycles. The van der Waals surface area contributed by atoms with Crippen LogP contribution < -0.4 is 0 Å². The van der Waals surface area contributed by atoms with Crippen molar-refractivity contribution in [1.29, 1.82) is 0 Å². The zero-order valence-electron chi connectivity index (χ0n) is 17.9. The average Bonchev–Trinajstić information content (AvgIpc) is 3.32. The quantitative estimate of drug-likeness (QED) is 0.323. The van der Waals surface area contributed by atoms with Crippen molar-refractivity contribution in [3.63, 3.8) is 0 Å². The first-order valence-electron chi connectivity index (χ1n) is 11.2. The SMILES string of the molecule is CCCCCC(=O)C=CC1CCC2(C1)OCC(C)(C)C(CCC1SCCS1)O2. The molecule has 2 aliphatic heterocycles. The minimum absolute atomic E-state index is 0.0718. The number of allylic oxidation sites excluding steroid dienone is 2. The number of hydrogen-bond donors (Lipinski definition) is 0. The summed E-state index contributed by atoms with van der Waals surface area (Å²) in [6.45, 7) is 7.50. The van der Waals surface area contributed by atoms with E-state index in [1.54, 1.807) is 0 Å². The van der Waals surface area contributed by atoms with Crippen LogP contribution in [0.1, 0.15) is 78.6 Å². The van der Waals surface area contributed by atoms with Gasteiger partial charge in [0.15, 0.2) is 11.6 Å². The third-order valence-electron chi connectivity index (χ3n) is 6.34. The summed E-state index contributed by atoms with van der Waals surface area (Å²) < 4.78 is 13.7. The van der Waals surface area contributed by atoms with Gasteiger partial charge in [-0.25, -0.2) is 0 Å². The Kier molecular flexibility index (Phi) is 8.41. The Morgan fingerprint density at radius 2 is 1.96 bits per heavy atom. The first-order chi connectivity index (χ1) is 13.4. The van der Waals surface area contributed by atoms with Crippen molar-refractivity contribution >= 4 is 29.3 Å². The topological polar surface area (TPSA) is 35.5 Å². The van der Waals surface area contributed by atoms with Crippen LogP contribution in [-0.4, -0.2) is 40.4 Å². The Labute approximate surface area is 180 Å². The minimum atomic E-state index is -0.420. The van der Waals surface area contributed by atoms with Crippen LogP contribution in [0.5, 0.6) is 0 Å². The largest absolute Gasteiger partial charge is 0.349 e. The van der Waals surface area contributed by atoms with E-state index in [1.165, 1.54) is 17.9 Å². The second-order valence-corrected chi connectivity index (χ2v) is 12.2. The molecule has 3 fully saturated rings. The Morgan fingerprint density at radius 3 is 2.71 bits per heavy atom. The maximum Gasteiger partial charge on any atom is 0.169 e. The number of ketones is 1. The molecule has 1 spiro atoms. The van der Waals surface area contributed by atoms with Crippen LogP contribution in [0.15, 0.2) is 12.2 Å². The van der Waals surface area contributed by atoms with Gasteiger partial charge in [-0.15, -0.1) is 23.5 Å². The lowest BCUT2D eigenvalue weighted by atomic mass is 9.83. The predicted octanol–water partition coefficient (Wildman–Crippen LogP) is 6.22. The maximum absolute atomic E-state index is 12.0. The lowest BCUT2D eigenvalue weighted by molar-refractivity contribution is -0.327. The van der Waals surface area contributed by atoms with Gasteiger partial charge < -0.3 is 9.47 Å². The Morgan fingerprint density at radius 1 is 1.18 bits per heavy atom. The zero-order chi connectivity index (χ0) is 20.0. The molecule has 3 atom stereocenters. The van der Waals surface area contributed by atoms with Crippen molar-refractivity contribution in [2.45, 2.75) is 95.0 Å². The van der Waals surface area contributed by atoms with Crippen molar-refractivity contribution < 1.29 is 14.3 Å². The van der Waals surface area contributed by atoms with Crippen LogP contribution in [-0.2, 0) is 14.3 Å². The normalized spacial score (nSPS) is 33.2. The Hall–Kier alpha value is 0.0300. The molecular formula is C23H38O3S2. The molecule has 3 nitrogen and oxygen atoms in total. The summed E-state index contributed by atoms with van der Waals surface area (Å²) in [6, 6.07) is 0. The number of carbonyl (C=O) groups is 1. The number of rotatable bonds is 9. The highest BCUT2D eigenvalue weighted by molar-refractivity contribution is 8.20. The molecule has 0 N–H and O–H groups in total. The molecule has 2 saturated heterocycles. The molecule has 5 heteroatoms. The van der Waals surface area contributed by atoms with E-state index in [0.29, 0.717) is 12.3 Å². The fraction of sp³-hybridized carbons (Fsp3) is 0.870. The van der Waals surface area contributed by atoms with E-state index in [9.17, 15) is 4.79 Å². The smallest absolute Gasteiger partial charge is 0.169 e. The second kappa shape index (κ2) is 10.4. The number of thioether (sulfide) groups is 2. The third-order valence-corrected chi connectivity index (χ3v) is 9.51. The molecule has 3 aliphatic rings. The summed E-state index contributed by atoms with van der Waals surface area (Å²) in [4.78, 5) is 12.0. The van der Waals surface area contributed by atoms with Crippen LogP contribution >= 0.6 is 23.5 Å². The molecule has 3 unspecified atom stereocenters. The average molecular weight is 427 g/mol. The van der Waals surface area contributed by atoms with Gasteiger partial charge in [0.05, 0.1) is 17.3 Å². The van der Waals surface area contributed by atoms with Gasteiger partial charge in [-0.05, 0) is 37.7 Å². The lowest BCUT2D eigenvalue weighted by Crippen LogP contribution is -2.52. The van der Waals surface area contributed by atoms with Gasteiger partial charge >= 0.3 is 0 Å². The molecule has 160 valence electrons. The van der Waals surface area contributed by atoms with E-state index in [2.05, 4.69) is 50.4 Å². The van der Waals surface area contributed by atoms with Gasteiger partial charge in [0.1, 0.15) is 0 Å². The molecule has 0 bridgehead atoms. The highest BCUT2D eigenvalue weighted by atomic mass is 32.2. The third kappa shape index (κ3) is 6.26. The highest BCUT2D eigenvalue weighted by Crippen LogP contribution is 2.48. The van der Waals surface area contributed by atoms with Gasteiger partial charge in [0.25, 0.3) is 0 Å². The number of hydrogen-bond acceptors (Lipinski definition) is 5. The molecule has 0 aromatic heterocycles. The summed E-state index contributed by atoms with van der Waals surface area (Å²) in [5.41, 5.74) is 0.0718. The second-order valence-electron chi connectivity index (χ2n) is 9.33. The number of carbonyl (C=O) groups excluding carboxylic acids is 1. The van der Waals surface area contributed by atoms with Gasteiger partial charge in [-0.2, -0.15) is 0 Å². The molecule has 0 amide bonds. The van der Waals surface area contributed by atoms with Crippen LogP contribution in [0.3, 0.4) is 0 Å². The molecule has 1 aliphatic carbocycles. The van der Waals surface area contributed by atoms with E-state index in [4.69, 9.17) is 9.47 Å². The monoisotopic (exact) mass is 426 g/mol. The molecule has 0 aromatic carbocycles. The van der Waals surface area contributed by atoms with Crippen LogP contribution in [0.25, 0.3) is 0 Å². The Balaban J connectivity index is 1.50. The van der Waals surface area contributed by atoms with Crippen LogP contribution in [0.4, 0.5) is 0 Å². The van der Waals surface area contributed by atoms with Crippen molar-refractivity contribution in [2.24, 2.45) is 11.3 Å². The summed E-state index contributed by atoms with van der Waals surface area (Å²) in [5.74, 6) is 2.84. The van der Waals surface area contributed by atoms with Crippen molar-refractivity contribution in [3.05, 3.63) is 12.2 Å². The lowest BCUT2D eigenvalue weighted by Gasteiger charge is -2.47. The van der Waals surface area contributed by atoms with E-state index in [1.807, 2.05) is 6.08 Å². The summed E-state index contributed by atoms with van der Waals surface area (Å²) in [6.07, 6.45) is 13.5. The van der Waals surface area contributed by atoms with E-state index in [0.717, 1.165) is 56.1 Å². The first-order valence-corrected chi connectivity index (χ1v) is 13.3. The fourth-order valence-corrected chi connectivity index (χ4v) is 7.32. The number of ether oxygens (including phenoxy) is 2. The standard InChI is InChI=1S/C23H38O3S2/c1-4-5-6-7-19(24)9-8-18-12-13-23(16-18)25-17-22(2,3)20(26-23)10-11-21-27-14-15-28-21/h8-9,18,20-21H,4-7,10-17H2,1-3H3. The summed E-state index contributed by atoms with van der Waals surface area (Å²) in [5, 5.41) is 0. The number of unbranched alkanes of at least 4 members (excludes halogenated alkanes) is 2. The van der Waals surface area contributed by atoms with E-state index in [-0.39, 0.29) is 17.3 Å². The van der Waals surface area contributed by atoms with Crippen molar-refractivity contribution in [1.82, 2.24) is 0 Å². The summed E-state index contributed by atoms with van der Waals surface area (Å²) in [7, 11) is 0. The Bertz CT molecular complexity index is 542. The maximum atomic E-state index is 12.0. The predicted molar refractivity (Wildman–Crippen MR) is 121 cm³/mol.